The normalized spacial score (nSPS) is 15.4. The fraction of sp³-hybridized carbons (Fsp3) is 0.500. The van der Waals surface area contributed by atoms with Gasteiger partial charge in [0.05, 0.1) is 11.6 Å². The van der Waals surface area contributed by atoms with E-state index < -0.39 is 0 Å². The van der Waals surface area contributed by atoms with E-state index in [1.54, 1.807) is 6.07 Å². The van der Waals surface area contributed by atoms with E-state index in [0.717, 1.165) is 44.0 Å². The summed E-state index contributed by atoms with van der Waals surface area (Å²) in [5, 5.41) is 11.9. The summed E-state index contributed by atoms with van der Waals surface area (Å²) in [4.78, 5) is 16.5. The first-order valence-corrected chi connectivity index (χ1v) is 8.81. The average molecular weight is 318 g/mol. The Labute approximate surface area is 136 Å². The molecule has 5 nitrogen and oxygen atoms in total. The molecule has 1 fully saturated rings. The molecule has 1 aromatic rings. The highest BCUT2D eigenvalue weighted by Crippen LogP contribution is 2.15. The van der Waals surface area contributed by atoms with Gasteiger partial charge in [-0.3, -0.25) is 4.90 Å². The van der Waals surface area contributed by atoms with Gasteiger partial charge in [0.25, 0.3) is 0 Å². The number of amides is 2. The van der Waals surface area contributed by atoms with Crippen molar-refractivity contribution in [1.82, 2.24) is 9.80 Å². The lowest BCUT2D eigenvalue weighted by molar-refractivity contribution is 0.152. The fourth-order valence-electron chi connectivity index (χ4n) is 2.42. The predicted molar refractivity (Wildman–Crippen MR) is 91.3 cm³/mol. The minimum Gasteiger partial charge on any atom is -0.322 e. The number of piperazine rings is 1. The smallest absolute Gasteiger partial charge is 0.321 e. The van der Waals surface area contributed by atoms with E-state index in [4.69, 9.17) is 5.26 Å². The topological polar surface area (TPSA) is 59.4 Å². The van der Waals surface area contributed by atoms with Gasteiger partial charge in [-0.1, -0.05) is 6.07 Å². The molecule has 1 saturated heterocycles. The Bertz CT molecular complexity index is 562. The number of nitrogens with zero attached hydrogens (tertiary/aromatic N) is 3. The number of carbonyl (C=O) groups is 1. The van der Waals surface area contributed by atoms with E-state index in [1.165, 1.54) is 0 Å². The number of thioether (sulfide) groups is 1. The Morgan fingerprint density at radius 3 is 2.73 bits per heavy atom. The van der Waals surface area contributed by atoms with E-state index in [9.17, 15) is 4.79 Å². The van der Waals surface area contributed by atoms with Crippen LogP contribution < -0.4 is 5.32 Å². The van der Waals surface area contributed by atoms with Crippen molar-refractivity contribution in [3.05, 3.63) is 29.3 Å². The summed E-state index contributed by atoms with van der Waals surface area (Å²) >= 11 is 1.85. The van der Waals surface area contributed by atoms with Crippen LogP contribution in [0.25, 0.3) is 0 Å². The molecule has 0 bridgehead atoms. The lowest BCUT2D eigenvalue weighted by Gasteiger charge is -2.34. The maximum atomic E-state index is 12.3. The molecule has 2 amide bonds. The molecule has 0 spiro atoms. The number of hydrogen-bond donors (Lipinski definition) is 1. The average Bonchev–Trinajstić information content (AvgIpc) is 2.55. The van der Waals surface area contributed by atoms with Gasteiger partial charge in [-0.25, -0.2) is 4.79 Å². The standard InChI is InChI=1S/C16H22N4OS/c1-13-3-4-15(11-14(13)12-17)18-16(21)20-7-5-19(6-8-20)9-10-22-2/h3-4,11H,5-10H2,1-2H3,(H,18,21). The van der Waals surface area contributed by atoms with Crippen LogP contribution in [0.4, 0.5) is 10.5 Å². The molecule has 1 heterocycles. The number of rotatable bonds is 4. The van der Waals surface area contributed by atoms with Crippen molar-refractivity contribution < 1.29 is 4.79 Å². The molecular weight excluding hydrogens is 296 g/mol. The molecule has 6 heteroatoms. The van der Waals surface area contributed by atoms with Crippen LogP contribution in [0, 0.1) is 18.3 Å². The van der Waals surface area contributed by atoms with E-state index in [-0.39, 0.29) is 6.03 Å². The molecule has 1 aromatic carbocycles. The number of hydrogen-bond acceptors (Lipinski definition) is 4. The Morgan fingerprint density at radius 1 is 1.36 bits per heavy atom. The van der Waals surface area contributed by atoms with Gasteiger partial charge in [0, 0.05) is 44.2 Å². The van der Waals surface area contributed by atoms with Crippen LogP contribution in [0.5, 0.6) is 0 Å². The van der Waals surface area contributed by atoms with E-state index in [2.05, 4.69) is 22.5 Å². The van der Waals surface area contributed by atoms with E-state index in [1.807, 2.05) is 35.7 Å². The monoisotopic (exact) mass is 318 g/mol. The van der Waals surface area contributed by atoms with Crippen molar-refractivity contribution in [3.63, 3.8) is 0 Å². The van der Waals surface area contributed by atoms with Crippen molar-refractivity contribution in [2.45, 2.75) is 6.92 Å². The van der Waals surface area contributed by atoms with Crippen molar-refractivity contribution >= 4 is 23.5 Å². The Morgan fingerprint density at radius 2 is 2.09 bits per heavy atom. The number of urea groups is 1. The van der Waals surface area contributed by atoms with Gasteiger partial charge >= 0.3 is 6.03 Å². The van der Waals surface area contributed by atoms with Gasteiger partial charge in [0.2, 0.25) is 0 Å². The molecule has 2 rings (SSSR count). The van der Waals surface area contributed by atoms with Crippen LogP contribution in [0.3, 0.4) is 0 Å². The summed E-state index contributed by atoms with van der Waals surface area (Å²) in [5.41, 5.74) is 2.19. The van der Waals surface area contributed by atoms with E-state index in [0.29, 0.717) is 11.3 Å². The molecule has 0 aromatic heterocycles. The molecule has 0 radical (unpaired) electrons. The van der Waals surface area contributed by atoms with Gasteiger partial charge < -0.3 is 10.2 Å². The number of nitriles is 1. The lowest BCUT2D eigenvalue weighted by atomic mass is 10.1. The summed E-state index contributed by atoms with van der Waals surface area (Å²) in [7, 11) is 0. The van der Waals surface area contributed by atoms with Crippen LogP contribution in [-0.4, -0.2) is 60.6 Å². The van der Waals surface area contributed by atoms with Gasteiger partial charge in [-0.2, -0.15) is 17.0 Å². The zero-order chi connectivity index (χ0) is 15.9. The van der Waals surface area contributed by atoms with Crippen LogP contribution in [0.1, 0.15) is 11.1 Å². The number of aryl methyl sites for hydroxylation is 1. The third-order valence-corrected chi connectivity index (χ3v) is 4.47. The number of benzene rings is 1. The molecular formula is C16H22N4OS. The summed E-state index contributed by atoms with van der Waals surface area (Å²) in [6, 6.07) is 7.47. The highest BCUT2D eigenvalue weighted by molar-refractivity contribution is 7.98. The molecule has 1 N–H and O–H groups in total. The van der Waals surface area contributed by atoms with Crippen LogP contribution in [-0.2, 0) is 0 Å². The predicted octanol–water partition coefficient (Wildman–Crippen LogP) is 2.38. The Hall–Kier alpha value is -1.71. The second-order valence-corrected chi connectivity index (χ2v) is 6.38. The van der Waals surface area contributed by atoms with Crippen LogP contribution in [0.15, 0.2) is 18.2 Å². The highest BCUT2D eigenvalue weighted by atomic mass is 32.2. The number of carbonyl (C=O) groups excluding carboxylic acids is 1. The second-order valence-electron chi connectivity index (χ2n) is 5.39. The van der Waals surface area contributed by atoms with Crippen molar-refractivity contribution in [2.24, 2.45) is 0 Å². The first kappa shape index (κ1) is 16.7. The largest absolute Gasteiger partial charge is 0.322 e. The summed E-state index contributed by atoms with van der Waals surface area (Å²) < 4.78 is 0. The third kappa shape index (κ3) is 4.39. The minimum absolute atomic E-state index is 0.0859. The highest BCUT2D eigenvalue weighted by Gasteiger charge is 2.20. The fourth-order valence-corrected chi connectivity index (χ4v) is 2.86. The lowest BCUT2D eigenvalue weighted by Crippen LogP contribution is -2.50. The Kier molecular flexibility index (Phi) is 6.10. The summed E-state index contributed by atoms with van der Waals surface area (Å²) in [6.45, 7) is 6.31. The molecule has 0 saturated carbocycles. The maximum absolute atomic E-state index is 12.3. The summed E-state index contributed by atoms with van der Waals surface area (Å²) in [5.74, 6) is 1.13. The van der Waals surface area contributed by atoms with Crippen molar-refractivity contribution in [3.8, 4) is 6.07 Å². The van der Waals surface area contributed by atoms with Gasteiger partial charge in [0.1, 0.15) is 0 Å². The molecule has 0 unspecified atom stereocenters. The number of anilines is 1. The van der Waals surface area contributed by atoms with Crippen LogP contribution >= 0.6 is 11.8 Å². The second kappa shape index (κ2) is 8.06. The summed E-state index contributed by atoms with van der Waals surface area (Å²) in [6.07, 6.45) is 2.11. The quantitative estimate of drug-likeness (QED) is 0.926. The molecule has 1 aliphatic heterocycles. The van der Waals surface area contributed by atoms with Crippen LogP contribution in [0.2, 0.25) is 0 Å². The molecule has 0 aliphatic carbocycles. The zero-order valence-electron chi connectivity index (χ0n) is 13.1. The van der Waals surface area contributed by atoms with E-state index >= 15 is 0 Å². The number of nitrogens with one attached hydrogen (secondary N) is 1. The maximum Gasteiger partial charge on any atom is 0.321 e. The SMILES string of the molecule is CSCCN1CCN(C(=O)Nc2ccc(C)c(C#N)c2)CC1. The van der Waals surface area contributed by atoms with Gasteiger partial charge in [-0.15, -0.1) is 0 Å². The molecule has 118 valence electrons. The zero-order valence-corrected chi connectivity index (χ0v) is 13.9. The molecule has 22 heavy (non-hydrogen) atoms. The van der Waals surface area contributed by atoms with Gasteiger partial charge in [0.15, 0.2) is 0 Å². The third-order valence-electron chi connectivity index (χ3n) is 3.88. The van der Waals surface area contributed by atoms with Crippen molar-refractivity contribution in [2.75, 3.05) is 50.0 Å². The molecule has 1 aliphatic rings. The first-order valence-electron chi connectivity index (χ1n) is 7.42. The molecule has 0 atom stereocenters. The van der Waals surface area contributed by atoms with Gasteiger partial charge in [-0.05, 0) is 30.9 Å². The first-order chi connectivity index (χ1) is 10.6. The minimum atomic E-state index is -0.0859. The van der Waals surface area contributed by atoms with Crippen molar-refractivity contribution in [1.29, 1.82) is 5.26 Å². The Balaban J connectivity index is 1.87.